The Morgan fingerprint density at radius 2 is 2.20 bits per heavy atom. The first kappa shape index (κ1) is 13.0. The average Bonchev–Trinajstić information content (AvgIpc) is 2.17. The van der Waals surface area contributed by atoms with Crippen molar-refractivity contribution in [2.24, 2.45) is 5.92 Å². The van der Waals surface area contributed by atoms with E-state index in [0.717, 1.165) is 15.1 Å². The van der Waals surface area contributed by atoms with Gasteiger partial charge in [0.2, 0.25) is 0 Å². The van der Waals surface area contributed by atoms with E-state index in [-0.39, 0.29) is 0 Å². The molecule has 0 heterocycles. The second-order valence-electron chi connectivity index (χ2n) is 3.76. The Morgan fingerprint density at radius 1 is 1.47 bits per heavy atom. The van der Waals surface area contributed by atoms with Crippen LogP contribution < -0.4 is 5.48 Å². The highest BCUT2D eigenvalue weighted by atomic mass is 79.9. The van der Waals surface area contributed by atoms with Crippen LogP contribution >= 0.6 is 27.5 Å². The van der Waals surface area contributed by atoms with Crippen LogP contribution in [0.25, 0.3) is 0 Å². The molecule has 0 aliphatic carbocycles. The fourth-order valence-electron chi connectivity index (χ4n) is 1.03. The molecule has 0 fully saturated rings. The summed E-state index contributed by atoms with van der Waals surface area (Å²) in [6.07, 6.45) is 0. The van der Waals surface area contributed by atoms with Gasteiger partial charge in [-0.3, -0.25) is 0 Å². The SMILES string of the molecule is CC(C)CONCc1cc(Cl)ccc1Br. The minimum absolute atomic E-state index is 0.528. The number of hydrogen-bond acceptors (Lipinski definition) is 2. The highest BCUT2D eigenvalue weighted by molar-refractivity contribution is 9.10. The van der Waals surface area contributed by atoms with Crippen molar-refractivity contribution < 1.29 is 4.84 Å². The molecule has 0 radical (unpaired) electrons. The minimum Gasteiger partial charge on any atom is -0.301 e. The van der Waals surface area contributed by atoms with Crippen LogP contribution in [0.5, 0.6) is 0 Å². The van der Waals surface area contributed by atoms with Crippen molar-refractivity contribution in [3.63, 3.8) is 0 Å². The van der Waals surface area contributed by atoms with Crippen LogP contribution in [-0.2, 0) is 11.4 Å². The Hall–Kier alpha value is -0.0900. The van der Waals surface area contributed by atoms with Crippen molar-refractivity contribution in [3.05, 3.63) is 33.3 Å². The maximum absolute atomic E-state index is 5.89. The molecular weight excluding hydrogens is 277 g/mol. The molecule has 0 atom stereocenters. The van der Waals surface area contributed by atoms with Gasteiger partial charge in [-0.05, 0) is 29.7 Å². The average molecular weight is 293 g/mol. The van der Waals surface area contributed by atoms with Gasteiger partial charge in [0.1, 0.15) is 0 Å². The molecule has 2 nitrogen and oxygen atoms in total. The first-order valence-electron chi connectivity index (χ1n) is 4.88. The molecule has 0 aliphatic rings. The molecule has 0 unspecified atom stereocenters. The first-order chi connectivity index (χ1) is 7.09. The molecule has 0 amide bonds. The summed E-state index contributed by atoms with van der Waals surface area (Å²) in [6.45, 7) is 5.57. The third-order valence-electron chi connectivity index (χ3n) is 1.79. The van der Waals surface area contributed by atoms with Crippen LogP contribution in [-0.4, -0.2) is 6.61 Å². The molecule has 0 bridgehead atoms. The third kappa shape index (κ3) is 4.98. The van der Waals surface area contributed by atoms with Gasteiger partial charge in [0.05, 0.1) is 6.61 Å². The van der Waals surface area contributed by atoms with Crippen LogP contribution in [0.2, 0.25) is 5.02 Å². The Bertz CT molecular complexity index is 317. The predicted octanol–water partition coefficient (Wildman–Crippen LogP) is 3.78. The Kier molecular flexibility index (Phi) is 5.61. The number of benzene rings is 1. The Morgan fingerprint density at radius 3 is 2.87 bits per heavy atom. The predicted molar refractivity (Wildman–Crippen MR) is 66.8 cm³/mol. The zero-order valence-corrected chi connectivity index (χ0v) is 11.2. The fourth-order valence-corrected chi connectivity index (χ4v) is 1.61. The van der Waals surface area contributed by atoms with Crippen LogP contribution in [0.15, 0.2) is 22.7 Å². The molecule has 1 aromatic carbocycles. The minimum atomic E-state index is 0.528. The van der Waals surface area contributed by atoms with Crippen molar-refractivity contribution in [2.45, 2.75) is 20.4 Å². The van der Waals surface area contributed by atoms with E-state index in [1.54, 1.807) is 0 Å². The van der Waals surface area contributed by atoms with Gasteiger partial charge in [-0.2, -0.15) is 5.48 Å². The maximum atomic E-state index is 5.89. The van der Waals surface area contributed by atoms with E-state index >= 15 is 0 Å². The maximum Gasteiger partial charge on any atom is 0.0705 e. The van der Waals surface area contributed by atoms with Gasteiger partial charge in [-0.25, -0.2) is 0 Å². The summed E-state index contributed by atoms with van der Waals surface area (Å²) < 4.78 is 1.03. The van der Waals surface area contributed by atoms with Crippen LogP contribution in [0.4, 0.5) is 0 Å². The number of halogens is 2. The number of nitrogens with one attached hydrogen (secondary N) is 1. The molecule has 1 N–H and O–H groups in total. The lowest BCUT2D eigenvalue weighted by Crippen LogP contribution is -2.17. The Balaban J connectivity index is 2.40. The van der Waals surface area contributed by atoms with E-state index in [1.807, 2.05) is 18.2 Å². The van der Waals surface area contributed by atoms with E-state index in [1.165, 1.54) is 0 Å². The van der Waals surface area contributed by atoms with E-state index in [4.69, 9.17) is 16.4 Å². The molecule has 1 aromatic rings. The van der Waals surface area contributed by atoms with Crippen molar-refractivity contribution in [1.29, 1.82) is 0 Å². The third-order valence-corrected chi connectivity index (χ3v) is 2.80. The quantitative estimate of drug-likeness (QED) is 0.659. The highest BCUT2D eigenvalue weighted by Gasteiger charge is 2.01. The second kappa shape index (κ2) is 6.48. The van der Waals surface area contributed by atoms with Gasteiger partial charge < -0.3 is 4.84 Å². The molecule has 0 spiro atoms. The fraction of sp³-hybridized carbons (Fsp3) is 0.455. The van der Waals surface area contributed by atoms with Gasteiger partial charge in [0.25, 0.3) is 0 Å². The summed E-state index contributed by atoms with van der Waals surface area (Å²) >= 11 is 9.35. The summed E-state index contributed by atoms with van der Waals surface area (Å²) in [5.41, 5.74) is 4.00. The van der Waals surface area contributed by atoms with Gasteiger partial charge in [-0.1, -0.05) is 41.4 Å². The zero-order chi connectivity index (χ0) is 11.3. The van der Waals surface area contributed by atoms with E-state index < -0.39 is 0 Å². The first-order valence-corrected chi connectivity index (χ1v) is 6.05. The molecule has 1 rings (SSSR count). The zero-order valence-electron chi connectivity index (χ0n) is 8.89. The van der Waals surface area contributed by atoms with Gasteiger partial charge in [0.15, 0.2) is 0 Å². The summed E-state index contributed by atoms with van der Waals surface area (Å²) in [5, 5.41) is 0.735. The van der Waals surface area contributed by atoms with Crippen molar-refractivity contribution >= 4 is 27.5 Å². The van der Waals surface area contributed by atoms with E-state index in [9.17, 15) is 0 Å². The molecule has 15 heavy (non-hydrogen) atoms. The van der Waals surface area contributed by atoms with Crippen molar-refractivity contribution in [2.75, 3.05) is 6.61 Å². The lowest BCUT2D eigenvalue weighted by molar-refractivity contribution is 0.0195. The summed E-state index contributed by atoms with van der Waals surface area (Å²) in [7, 11) is 0. The largest absolute Gasteiger partial charge is 0.301 e. The van der Waals surface area contributed by atoms with E-state index in [0.29, 0.717) is 19.1 Å². The summed E-state index contributed by atoms with van der Waals surface area (Å²) in [4.78, 5) is 5.28. The van der Waals surface area contributed by atoms with Crippen LogP contribution in [0, 0.1) is 5.92 Å². The standard InChI is InChI=1S/C11H15BrClNO/c1-8(2)7-15-14-6-9-5-10(13)3-4-11(9)12/h3-5,8,14H,6-7H2,1-2H3. The van der Waals surface area contributed by atoms with Crippen molar-refractivity contribution in [1.82, 2.24) is 5.48 Å². The number of hydroxylamine groups is 1. The summed E-state index contributed by atoms with van der Waals surface area (Å²) in [5.74, 6) is 0.528. The molecule has 0 aliphatic heterocycles. The normalized spacial score (nSPS) is 11.0. The molecule has 4 heteroatoms. The highest BCUT2D eigenvalue weighted by Crippen LogP contribution is 2.20. The smallest absolute Gasteiger partial charge is 0.0705 e. The lowest BCUT2D eigenvalue weighted by Gasteiger charge is -2.09. The monoisotopic (exact) mass is 291 g/mol. The van der Waals surface area contributed by atoms with E-state index in [2.05, 4.69) is 35.3 Å². The van der Waals surface area contributed by atoms with Gasteiger partial charge in [-0.15, -0.1) is 0 Å². The molecule has 0 saturated heterocycles. The van der Waals surface area contributed by atoms with Crippen molar-refractivity contribution in [3.8, 4) is 0 Å². The second-order valence-corrected chi connectivity index (χ2v) is 5.05. The lowest BCUT2D eigenvalue weighted by atomic mass is 10.2. The molecule has 0 saturated carbocycles. The van der Waals surface area contributed by atoms with Crippen LogP contribution in [0.3, 0.4) is 0 Å². The molecule has 0 aromatic heterocycles. The number of hydrogen-bond donors (Lipinski definition) is 1. The summed E-state index contributed by atoms with van der Waals surface area (Å²) in [6, 6.07) is 5.70. The number of rotatable bonds is 5. The van der Waals surface area contributed by atoms with Crippen LogP contribution in [0.1, 0.15) is 19.4 Å². The topological polar surface area (TPSA) is 21.3 Å². The molecule has 84 valence electrons. The van der Waals surface area contributed by atoms with Gasteiger partial charge >= 0.3 is 0 Å². The molecular formula is C11H15BrClNO. The Labute approximate surface area is 104 Å². The van der Waals surface area contributed by atoms with Gasteiger partial charge in [0, 0.05) is 16.0 Å².